The van der Waals surface area contributed by atoms with Crippen LogP contribution in [0.1, 0.15) is 37.5 Å². The van der Waals surface area contributed by atoms with Crippen LogP contribution in [0.25, 0.3) is 0 Å². The first-order valence-corrected chi connectivity index (χ1v) is 11.4. The van der Waals surface area contributed by atoms with Crippen LogP contribution in [0.4, 0.5) is 0 Å². The zero-order chi connectivity index (χ0) is 21.6. The molecule has 2 N–H and O–H groups in total. The molecule has 0 saturated carbocycles. The quantitative estimate of drug-likeness (QED) is 0.626. The molecule has 0 aliphatic rings. The molecule has 0 aromatic heterocycles. The van der Waals surface area contributed by atoms with Crippen molar-refractivity contribution in [2.24, 2.45) is 0 Å². The predicted molar refractivity (Wildman–Crippen MR) is 115 cm³/mol. The Hall–Kier alpha value is -2.09. The summed E-state index contributed by atoms with van der Waals surface area (Å²) < 4.78 is 32.2. The molecule has 0 bridgehead atoms. The van der Waals surface area contributed by atoms with E-state index in [1.807, 2.05) is 6.92 Å². The average molecular weight is 439 g/mol. The van der Waals surface area contributed by atoms with Crippen LogP contribution in [0.15, 0.2) is 42.5 Å². The second-order valence-corrected chi connectivity index (χ2v) is 9.40. The second kappa shape index (κ2) is 10.1. The number of ether oxygens (including phenoxy) is 1. The number of benzene rings is 2. The van der Waals surface area contributed by atoms with E-state index in [1.54, 1.807) is 63.2 Å². The van der Waals surface area contributed by atoms with Gasteiger partial charge in [0.25, 0.3) is 5.91 Å². The lowest BCUT2D eigenvalue weighted by Gasteiger charge is -2.15. The number of carbonyl (C=O) groups excluding carboxylic acids is 1. The minimum atomic E-state index is -3.36. The van der Waals surface area contributed by atoms with Crippen LogP contribution < -0.4 is 14.8 Å². The van der Waals surface area contributed by atoms with Gasteiger partial charge in [-0.1, -0.05) is 35.9 Å². The van der Waals surface area contributed by atoms with E-state index >= 15 is 0 Å². The number of halogens is 1. The summed E-state index contributed by atoms with van der Waals surface area (Å²) in [7, 11) is -3.36. The van der Waals surface area contributed by atoms with E-state index in [4.69, 9.17) is 16.3 Å². The van der Waals surface area contributed by atoms with Gasteiger partial charge < -0.3 is 10.1 Å². The standard InChI is InChI=1S/C21H27ClN2O4S/c1-14(2)24-29(26,27)13-18-7-5-17(6-8-18)12-23-21(25)16(4)28-19-9-10-20(22)15(3)11-19/h5-11,14,16,24H,12-13H2,1-4H3,(H,23,25). The summed E-state index contributed by atoms with van der Waals surface area (Å²) in [5, 5.41) is 3.46. The van der Waals surface area contributed by atoms with Crippen molar-refractivity contribution < 1.29 is 17.9 Å². The third-order valence-corrected chi connectivity index (χ3v) is 6.04. The van der Waals surface area contributed by atoms with E-state index in [1.165, 1.54) is 0 Å². The highest BCUT2D eigenvalue weighted by Gasteiger charge is 2.15. The van der Waals surface area contributed by atoms with Crippen molar-refractivity contribution in [2.45, 2.75) is 52.1 Å². The number of hydrogen-bond donors (Lipinski definition) is 2. The lowest BCUT2D eigenvalue weighted by atomic mass is 10.1. The highest BCUT2D eigenvalue weighted by atomic mass is 35.5. The molecule has 0 aliphatic heterocycles. The molecule has 1 unspecified atom stereocenters. The van der Waals surface area contributed by atoms with Gasteiger partial charge in [0.15, 0.2) is 6.10 Å². The molecule has 1 atom stereocenters. The van der Waals surface area contributed by atoms with Crippen molar-refractivity contribution >= 4 is 27.5 Å². The number of carbonyl (C=O) groups is 1. The van der Waals surface area contributed by atoms with Gasteiger partial charge in [-0.05, 0) is 62.6 Å². The highest BCUT2D eigenvalue weighted by molar-refractivity contribution is 7.88. The van der Waals surface area contributed by atoms with Crippen molar-refractivity contribution in [1.82, 2.24) is 10.0 Å². The fraction of sp³-hybridized carbons (Fsp3) is 0.381. The van der Waals surface area contributed by atoms with E-state index in [0.717, 1.165) is 11.1 Å². The van der Waals surface area contributed by atoms with Crippen LogP contribution in [0, 0.1) is 6.92 Å². The molecular weight excluding hydrogens is 412 g/mol. The van der Waals surface area contributed by atoms with E-state index in [9.17, 15) is 13.2 Å². The largest absolute Gasteiger partial charge is 0.481 e. The lowest BCUT2D eigenvalue weighted by molar-refractivity contribution is -0.127. The Kier molecular flexibility index (Phi) is 8.07. The lowest BCUT2D eigenvalue weighted by Crippen LogP contribution is -2.35. The summed E-state index contributed by atoms with van der Waals surface area (Å²) in [5.41, 5.74) is 2.43. The molecule has 29 heavy (non-hydrogen) atoms. The normalized spacial score (nSPS) is 12.6. The SMILES string of the molecule is Cc1cc(OC(C)C(=O)NCc2ccc(CS(=O)(=O)NC(C)C)cc2)ccc1Cl. The Labute approximate surface area is 177 Å². The van der Waals surface area contributed by atoms with E-state index in [2.05, 4.69) is 10.0 Å². The van der Waals surface area contributed by atoms with Crippen molar-refractivity contribution in [3.8, 4) is 5.75 Å². The molecule has 2 aromatic rings. The first kappa shape index (κ1) is 23.2. The summed E-state index contributed by atoms with van der Waals surface area (Å²) in [6, 6.07) is 12.2. The van der Waals surface area contributed by atoms with Gasteiger partial charge in [-0.25, -0.2) is 13.1 Å². The number of sulfonamides is 1. The smallest absolute Gasteiger partial charge is 0.261 e. The molecule has 0 radical (unpaired) electrons. The van der Waals surface area contributed by atoms with E-state index in [0.29, 0.717) is 22.9 Å². The molecule has 0 saturated heterocycles. The molecule has 0 heterocycles. The summed E-state index contributed by atoms with van der Waals surface area (Å²) in [6.07, 6.45) is -0.665. The maximum absolute atomic E-state index is 12.3. The fourth-order valence-corrected chi connectivity index (χ4v) is 4.20. The van der Waals surface area contributed by atoms with Gasteiger partial charge in [-0.3, -0.25) is 4.79 Å². The summed E-state index contributed by atoms with van der Waals surface area (Å²) in [6.45, 7) is 7.43. The van der Waals surface area contributed by atoms with Gasteiger partial charge >= 0.3 is 0 Å². The Morgan fingerprint density at radius 3 is 2.28 bits per heavy atom. The van der Waals surface area contributed by atoms with E-state index < -0.39 is 16.1 Å². The van der Waals surface area contributed by atoms with Crippen molar-refractivity contribution in [3.05, 3.63) is 64.2 Å². The molecule has 2 aromatic carbocycles. The van der Waals surface area contributed by atoms with Crippen LogP contribution in [-0.2, 0) is 27.1 Å². The zero-order valence-corrected chi connectivity index (χ0v) is 18.6. The minimum Gasteiger partial charge on any atom is -0.481 e. The monoisotopic (exact) mass is 438 g/mol. The van der Waals surface area contributed by atoms with Crippen LogP contribution in [-0.4, -0.2) is 26.5 Å². The van der Waals surface area contributed by atoms with Gasteiger partial charge in [0.2, 0.25) is 10.0 Å². The maximum Gasteiger partial charge on any atom is 0.261 e. The summed E-state index contributed by atoms with van der Waals surface area (Å²) >= 11 is 5.99. The summed E-state index contributed by atoms with van der Waals surface area (Å²) in [5.74, 6) is 0.254. The zero-order valence-electron chi connectivity index (χ0n) is 17.0. The van der Waals surface area contributed by atoms with E-state index in [-0.39, 0.29) is 17.7 Å². The molecule has 0 spiro atoms. The van der Waals surface area contributed by atoms with Gasteiger partial charge in [0.1, 0.15) is 5.75 Å². The third kappa shape index (κ3) is 7.68. The Balaban J connectivity index is 1.87. The number of nitrogens with one attached hydrogen (secondary N) is 2. The van der Waals surface area contributed by atoms with Gasteiger partial charge in [-0.15, -0.1) is 0 Å². The predicted octanol–water partition coefficient (Wildman–Crippen LogP) is 3.56. The maximum atomic E-state index is 12.3. The molecule has 0 aliphatic carbocycles. The first-order chi connectivity index (χ1) is 13.6. The van der Waals surface area contributed by atoms with Crippen molar-refractivity contribution in [3.63, 3.8) is 0 Å². The Morgan fingerprint density at radius 2 is 1.69 bits per heavy atom. The van der Waals surface area contributed by atoms with Gasteiger partial charge in [0.05, 0.1) is 5.75 Å². The number of rotatable bonds is 9. The average Bonchev–Trinajstić information content (AvgIpc) is 2.62. The van der Waals surface area contributed by atoms with Crippen LogP contribution in [0.5, 0.6) is 5.75 Å². The van der Waals surface area contributed by atoms with Crippen LogP contribution in [0.2, 0.25) is 5.02 Å². The van der Waals surface area contributed by atoms with Crippen LogP contribution >= 0.6 is 11.6 Å². The number of aryl methyl sites for hydroxylation is 1. The first-order valence-electron chi connectivity index (χ1n) is 9.34. The molecule has 1 amide bonds. The second-order valence-electron chi connectivity index (χ2n) is 7.24. The Morgan fingerprint density at radius 1 is 1.07 bits per heavy atom. The molecule has 6 nitrogen and oxygen atoms in total. The van der Waals surface area contributed by atoms with Crippen molar-refractivity contribution in [2.75, 3.05) is 0 Å². The Bertz CT molecular complexity index is 944. The number of hydrogen-bond acceptors (Lipinski definition) is 4. The molecule has 8 heteroatoms. The van der Waals surface area contributed by atoms with Gasteiger partial charge in [-0.2, -0.15) is 0 Å². The molecule has 158 valence electrons. The van der Waals surface area contributed by atoms with Gasteiger partial charge in [0, 0.05) is 17.6 Å². The van der Waals surface area contributed by atoms with Crippen molar-refractivity contribution in [1.29, 1.82) is 0 Å². The fourth-order valence-electron chi connectivity index (χ4n) is 2.65. The van der Waals surface area contributed by atoms with Crippen LogP contribution in [0.3, 0.4) is 0 Å². The molecular formula is C21H27ClN2O4S. The summed E-state index contributed by atoms with van der Waals surface area (Å²) in [4.78, 5) is 12.3. The highest BCUT2D eigenvalue weighted by Crippen LogP contribution is 2.21. The third-order valence-electron chi connectivity index (χ3n) is 4.07. The topological polar surface area (TPSA) is 84.5 Å². The molecule has 0 fully saturated rings. The number of amides is 1. The minimum absolute atomic E-state index is 0.0802. The molecule has 2 rings (SSSR count).